The minimum Gasteiger partial charge on any atom is -0.350 e. The second-order valence-electron chi connectivity index (χ2n) is 6.18. The maximum absolute atomic E-state index is 12.2. The monoisotopic (exact) mass is 364 g/mol. The molecule has 0 saturated carbocycles. The van der Waals surface area contributed by atoms with Gasteiger partial charge in [0.1, 0.15) is 0 Å². The standard InChI is InChI=1S/C17H24N4O3S/c1-11(14-5-7-15(8-6-14)25(18,23)24)19-17(22)10-9-16-12(2)20-21(4)13(16)3/h5-8,11H,9-10H2,1-4H3,(H,19,22)(H2,18,23,24). The van der Waals surface area contributed by atoms with Crippen LogP contribution in [0.2, 0.25) is 0 Å². The van der Waals surface area contributed by atoms with Crippen LogP contribution in [0.3, 0.4) is 0 Å². The fraction of sp³-hybridized carbons (Fsp3) is 0.412. The lowest BCUT2D eigenvalue weighted by Crippen LogP contribution is -2.27. The molecule has 3 N–H and O–H groups in total. The summed E-state index contributed by atoms with van der Waals surface area (Å²) >= 11 is 0. The second-order valence-corrected chi connectivity index (χ2v) is 7.74. The zero-order valence-electron chi connectivity index (χ0n) is 14.9. The number of primary sulfonamides is 1. The van der Waals surface area contributed by atoms with Gasteiger partial charge in [-0.1, -0.05) is 12.1 Å². The van der Waals surface area contributed by atoms with Crippen LogP contribution in [0.15, 0.2) is 29.2 Å². The number of hydrogen-bond acceptors (Lipinski definition) is 4. The van der Waals surface area contributed by atoms with Gasteiger partial charge in [0.05, 0.1) is 16.6 Å². The number of nitrogens with one attached hydrogen (secondary N) is 1. The number of rotatable bonds is 6. The van der Waals surface area contributed by atoms with E-state index in [4.69, 9.17) is 5.14 Å². The Morgan fingerprint density at radius 1 is 1.28 bits per heavy atom. The van der Waals surface area contributed by atoms with Crippen LogP contribution in [-0.4, -0.2) is 24.1 Å². The Morgan fingerprint density at radius 3 is 2.36 bits per heavy atom. The fourth-order valence-corrected chi connectivity index (χ4v) is 3.28. The highest BCUT2D eigenvalue weighted by molar-refractivity contribution is 7.89. The Labute approximate surface area is 148 Å². The van der Waals surface area contributed by atoms with E-state index in [9.17, 15) is 13.2 Å². The first-order chi connectivity index (χ1) is 11.6. The molecule has 1 amide bonds. The molecule has 0 saturated heterocycles. The summed E-state index contributed by atoms with van der Waals surface area (Å²) in [5.41, 5.74) is 3.92. The lowest BCUT2D eigenvalue weighted by Gasteiger charge is -2.15. The van der Waals surface area contributed by atoms with Gasteiger partial charge < -0.3 is 5.32 Å². The fourth-order valence-electron chi connectivity index (χ4n) is 2.76. The quantitative estimate of drug-likeness (QED) is 0.810. The van der Waals surface area contributed by atoms with E-state index >= 15 is 0 Å². The molecule has 0 spiro atoms. The van der Waals surface area contributed by atoms with Crippen molar-refractivity contribution in [2.75, 3.05) is 0 Å². The van der Waals surface area contributed by atoms with Gasteiger partial charge in [0.25, 0.3) is 0 Å². The number of carbonyl (C=O) groups excluding carboxylic acids is 1. The van der Waals surface area contributed by atoms with Crippen LogP contribution < -0.4 is 10.5 Å². The molecule has 0 radical (unpaired) electrons. The molecule has 0 fully saturated rings. The topological polar surface area (TPSA) is 107 Å². The molecule has 1 heterocycles. The van der Waals surface area contributed by atoms with Crippen molar-refractivity contribution in [1.29, 1.82) is 0 Å². The van der Waals surface area contributed by atoms with Gasteiger partial charge >= 0.3 is 0 Å². The lowest BCUT2D eigenvalue weighted by molar-refractivity contribution is -0.121. The smallest absolute Gasteiger partial charge is 0.238 e. The summed E-state index contributed by atoms with van der Waals surface area (Å²) in [5, 5.41) is 12.4. The second kappa shape index (κ2) is 7.37. The molecular weight excluding hydrogens is 340 g/mol. The summed E-state index contributed by atoms with van der Waals surface area (Å²) < 4.78 is 24.4. The Balaban J connectivity index is 1.96. The van der Waals surface area contributed by atoms with Crippen molar-refractivity contribution in [3.63, 3.8) is 0 Å². The molecule has 2 rings (SSSR count). The molecule has 7 nitrogen and oxygen atoms in total. The predicted molar refractivity (Wildman–Crippen MR) is 95.4 cm³/mol. The summed E-state index contributed by atoms with van der Waals surface area (Å²) in [4.78, 5) is 12.3. The first-order valence-corrected chi connectivity index (χ1v) is 9.55. The van der Waals surface area contributed by atoms with Crippen LogP contribution in [0.1, 0.15) is 41.9 Å². The molecule has 25 heavy (non-hydrogen) atoms. The largest absolute Gasteiger partial charge is 0.350 e. The molecule has 1 unspecified atom stereocenters. The molecule has 0 aliphatic rings. The molecule has 1 atom stereocenters. The van der Waals surface area contributed by atoms with Gasteiger partial charge in [-0.25, -0.2) is 13.6 Å². The van der Waals surface area contributed by atoms with Gasteiger partial charge in [-0.2, -0.15) is 5.10 Å². The SMILES string of the molecule is Cc1nn(C)c(C)c1CCC(=O)NC(C)c1ccc(S(N)(=O)=O)cc1. The number of nitrogens with zero attached hydrogens (tertiary/aromatic N) is 2. The third-order valence-electron chi connectivity index (χ3n) is 4.35. The van der Waals surface area contributed by atoms with Gasteiger partial charge in [0, 0.05) is 19.2 Å². The zero-order chi connectivity index (χ0) is 18.8. The molecule has 0 aliphatic heterocycles. The molecule has 0 bridgehead atoms. The van der Waals surface area contributed by atoms with E-state index in [1.165, 1.54) is 12.1 Å². The first-order valence-electron chi connectivity index (χ1n) is 8.00. The third-order valence-corrected chi connectivity index (χ3v) is 5.28. The highest BCUT2D eigenvalue weighted by atomic mass is 32.2. The third kappa shape index (κ3) is 4.67. The van der Waals surface area contributed by atoms with E-state index in [1.807, 2.05) is 32.5 Å². The molecule has 8 heteroatoms. The normalized spacial score (nSPS) is 12.8. The zero-order valence-corrected chi connectivity index (χ0v) is 15.7. The Bertz CT molecular complexity index is 870. The predicted octanol–water partition coefficient (Wildman–Crippen LogP) is 1.49. The van der Waals surface area contributed by atoms with E-state index in [2.05, 4.69) is 10.4 Å². The van der Waals surface area contributed by atoms with Gasteiger partial charge in [0.2, 0.25) is 15.9 Å². The number of carbonyl (C=O) groups is 1. The Hall–Kier alpha value is -2.19. The van der Waals surface area contributed by atoms with Crippen LogP contribution >= 0.6 is 0 Å². The molecule has 2 aromatic rings. The van der Waals surface area contributed by atoms with Crippen molar-refractivity contribution in [3.8, 4) is 0 Å². The number of amides is 1. The number of aryl methyl sites for hydroxylation is 2. The summed E-state index contributed by atoms with van der Waals surface area (Å²) in [6, 6.07) is 5.96. The van der Waals surface area contributed by atoms with Crippen LogP contribution in [0.5, 0.6) is 0 Å². The molecule has 136 valence electrons. The van der Waals surface area contributed by atoms with Crippen LogP contribution in [0.25, 0.3) is 0 Å². The highest BCUT2D eigenvalue weighted by Gasteiger charge is 2.14. The summed E-state index contributed by atoms with van der Waals surface area (Å²) in [5.74, 6) is -0.0642. The van der Waals surface area contributed by atoms with Crippen molar-refractivity contribution in [3.05, 3.63) is 46.8 Å². The van der Waals surface area contributed by atoms with Gasteiger partial charge in [-0.15, -0.1) is 0 Å². The van der Waals surface area contributed by atoms with Crippen molar-refractivity contribution in [2.24, 2.45) is 12.2 Å². The van der Waals surface area contributed by atoms with Gasteiger partial charge in [-0.3, -0.25) is 9.48 Å². The molecule has 1 aromatic heterocycles. The molecule has 1 aromatic carbocycles. The number of nitrogens with two attached hydrogens (primary N) is 1. The van der Waals surface area contributed by atoms with Crippen molar-refractivity contribution < 1.29 is 13.2 Å². The summed E-state index contributed by atoms with van der Waals surface area (Å²) in [7, 11) is -1.82. The van der Waals surface area contributed by atoms with Crippen molar-refractivity contribution >= 4 is 15.9 Å². The van der Waals surface area contributed by atoms with E-state index in [-0.39, 0.29) is 16.8 Å². The number of sulfonamides is 1. The van der Waals surface area contributed by atoms with E-state index in [0.29, 0.717) is 12.8 Å². The van der Waals surface area contributed by atoms with Crippen molar-refractivity contribution in [2.45, 2.75) is 44.6 Å². The van der Waals surface area contributed by atoms with Crippen LogP contribution in [0.4, 0.5) is 0 Å². The Kier molecular flexibility index (Phi) is 5.64. The summed E-state index contributed by atoms with van der Waals surface area (Å²) in [6.07, 6.45) is 1.00. The van der Waals surface area contributed by atoms with E-state index < -0.39 is 10.0 Å². The first kappa shape index (κ1) is 19.1. The van der Waals surface area contributed by atoms with Gasteiger partial charge in [0.15, 0.2) is 0 Å². The maximum Gasteiger partial charge on any atom is 0.238 e. The number of benzene rings is 1. The van der Waals surface area contributed by atoms with Crippen molar-refractivity contribution in [1.82, 2.24) is 15.1 Å². The number of hydrogen-bond donors (Lipinski definition) is 2. The molecular formula is C17H24N4O3S. The average molecular weight is 364 g/mol. The lowest BCUT2D eigenvalue weighted by atomic mass is 10.1. The number of aromatic nitrogens is 2. The maximum atomic E-state index is 12.2. The summed E-state index contributed by atoms with van der Waals surface area (Å²) in [6.45, 7) is 5.78. The van der Waals surface area contributed by atoms with Crippen LogP contribution in [0, 0.1) is 13.8 Å². The highest BCUT2D eigenvalue weighted by Crippen LogP contribution is 2.17. The minimum atomic E-state index is -3.71. The minimum absolute atomic E-state index is 0.0531. The Morgan fingerprint density at radius 2 is 1.88 bits per heavy atom. The van der Waals surface area contributed by atoms with Crippen LogP contribution in [-0.2, 0) is 28.3 Å². The van der Waals surface area contributed by atoms with E-state index in [0.717, 1.165) is 22.5 Å². The van der Waals surface area contributed by atoms with E-state index in [1.54, 1.807) is 12.1 Å². The molecule has 0 aliphatic carbocycles. The average Bonchev–Trinajstić information content (AvgIpc) is 2.77. The van der Waals surface area contributed by atoms with Gasteiger partial charge in [-0.05, 0) is 50.5 Å².